The first-order valence-electron chi connectivity index (χ1n) is 5.94. The summed E-state index contributed by atoms with van der Waals surface area (Å²) in [5, 5.41) is 0.577. The summed E-state index contributed by atoms with van der Waals surface area (Å²) in [6, 6.07) is 0.561. The molecule has 4 N–H and O–H groups in total. The Morgan fingerprint density at radius 2 is 2.29 bits per heavy atom. The molecule has 0 aliphatic carbocycles. The molecule has 4 nitrogen and oxygen atoms in total. The number of hydrogen-bond donors (Lipinski definition) is 2. The fourth-order valence-electron chi connectivity index (χ4n) is 2.54. The number of thiophene rings is 1. The Morgan fingerprint density at radius 1 is 1.59 bits per heavy atom. The second-order valence-electron chi connectivity index (χ2n) is 4.67. The lowest BCUT2D eigenvalue weighted by Gasteiger charge is -2.32. The number of amides is 1. The largest absolute Gasteiger partial charge is 0.390 e. The Morgan fingerprint density at radius 3 is 2.88 bits per heavy atom. The topological polar surface area (TPSA) is 72.3 Å². The fraction of sp³-hybridized carbons (Fsp3) is 0.583. The molecule has 1 aromatic rings. The van der Waals surface area contributed by atoms with Gasteiger partial charge in [0.1, 0.15) is 0 Å². The first kappa shape index (κ1) is 12.4. The second kappa shape index (κ2) is 4.66. The number of primary amides is 1. The Bertz CT molecular complexity index is 441. The van der Waals surface area contributed by atoms with Crippen LogP contribution in [0.25, 0.3) is 0 Å². The van der Waals surface area contributed by atoms with Gasteiger partial charge in [0, 0.05) is 17.5 Å². The van der Waals surface area contributed by atoms with Gasteiger partial charge < -0.3 is 11.5 Å². The van der Waals surface area contributed by atoms with Gasteiger partial charge in [0.15, 0.2) is 0 Å². The van der Waals surface area contributed by atoms with Crippen molar-refractivity contribution in [2.45, 2.75) is 38.8 Å². The average Bonchev–Trinajstić information content (AvgIpc) is 2.54. The SMILES string of the molecule is CCC[C@@H]1Cc2sc(N)c(C(N)=O)c2CN1C. The summed E-state index contributed by atoms with van der Waals surface area (Å²) in [5.74, 6) is -0.401. The summed E-state index contributed by atoms with van der Waals surface area (Å²) in [5.41, 5.74) is 12.9. The number of likely N-dealkylation sites (N-methyl/N-ethyl adjacent to an activating group) is 1. The number of nitrogens with zero attached hydrogens (tertiary/aromatic N) is 1. The van der Waals surface area contributed by atoms with Crippen LogP contribution in [0, 0.1) is 0 Å². The molecule has 2 heterocycles. The lowest BCUT2D eigenvalue weighted by molar-refractivity contribution is 0.0998. The standard InChI is InChI=1S/C12H19N3OS/c1-3-4-7-5-9-8(6-15(7)2)10(11(13)16)12(14)17-9/h7H,3-6,14H2,1-2H3,(H2,13,16)/t7-/m1/s1. The highest BCUT2D eigenvalue weighted by atomic mass is 32.1. The van der Waals surface area contributed by atoms with Gasteiger partial charge in [-0.05, 0) is 25.5 Å². The molecule has 0 radical (unpaired) electrons. The third-order valence-electron chi connectivity index (χ3n) is 3.44. The number of carbonyl (C=O) groups excluding carboxylic acids is 1. The number of fused-ring (bicyclic) bond motifs is 1. The van der Waals surface area contributed by atoms with Crippen molar-refractivity contribution >= 4 is 22.2 Å². The number of anilines is 1. The minimum atomic E-state index is -0.401. The predicted octanol–water partition coefficient (Wildman–Crippen LogP) is 1.59. The van der Waals surface area contributed by atoms with E-state index in [4.69, 9.17) is 11.5 Å². The molecule has 0 spiro atoms. The summed E-state index contributed by atoms with van der Waals surface area (Å²) in [7, 11) is 2.10. The van der Waals surface area contributed by atoms with E-state index in [0.717, 1.165) is 18.5 Å². The van der Waals surface area contributed by atoms with Crippen molar-refractivity contribution in [3.63, 3.8) is 0 Å². The van der Waals surface area contributed by atoms with Crippen molar-refractivity contribution in [3.8, 4) is 0 Å². The minimum absolute atomic E-state index is 0.401. The van der Waals surface area contributed by atoms with E-state index in [1.165, 1.54) is 29.1 Å². The maximum atomic E-state index is 11.4. The zero-order valence-electron chi connectivity index (χ0n) is 10.3. The van der Waals surface area contributed by atoms with Crippen LogP contribution in [0.15, 0.2) is 0 Å². The smallest absolute Gasteiger partial charge is 0.252 e. The molecule has 2 rings (SSSR count). The van der Waals surface area contributed by atoms with E-state index in [2.05, 4.69) is 18.9 Å². The fourth-order valence-corrected chi connectivity index (χ4v) is 3.70. The highest BCUT2D eigenvalue weighted by Gasteiger charge is 2.29. The monoisotopic (exact) mass is 253 g/mol. The molecule has 1 aromatic heterocycles. The van der Waals surface area contributed by atoms with E-state index in [0.29, 0.717) is 16.6 Å². The lowest BCUT2D eigenvalue weighted by atomic mass is 9.96. The number of nitrogen functional groups attached to an aromatic ring is 1. The molecule has 1 atom stereocenters. The van der Waals surface area contributed by atoms with Crippen LogP contribution in [0.5, 0.6) is 0 Å². The van der Waals surface area contributed by atoms with Crippen LogP contribution in [-0.4, -0.2) is 23.9 Å². The molecule has 0 bridgehead atoms. The molecule has 17 heavy (non-hydrogen) atoms. The Labute approximate surface area is 106 Å². The molecule has 0 saturated carbocycles. The number of hydrogen-bond acceptors (Lipinski definition) is 4. The van der Waals surface area contributed by atoms with Crippen LogP contribution >= 0.6 is 11.3 Å². The van der Waals surface area contributed by atoms with Gasteiger partial charge in [-0.25, -0.2) is 0 Å². The third kappa shape index (κ3) is 2.17. The number of carbonyl (C=O) groups is 1. The Balaban J connectivity index is 2.35. The summed E-state index contributed by atoms with van der Waals surface area (Å²) < 4.78 is 0. The van der Waals surface area contributed by atoms with E-state index in [1.54, 1.807) is 0 Å². The van der Waals surface area contributed by atoms with Gasteiger partial charge >= 0.3 is 0 Å². The van der Waals surface area contributed by atoms with Gasteiger partial charge in [0.2, 0.25) is 0 Å². The predicted molar refractivity (Wildman–Crippen MR) is 71.1 cm³/mol. The molecule has 1 aliphatic rings. The van der Waals surface area contributed by atoms with Crippen molar-refractivity contribution in [1.29, 1.82) is 0 Å². The maximum Gasteiger partial charge on any atom is 0.252 e. The van der Waals surface area contributed by atoms with Crippen molar-refractivity contribution in [3.05, 3.63) is 16.0 Å². The van der Waals surface area contributed by atoms with Gasteiger partial charge in [-0.2, -0.15) is 0 Å². The van der Waals surface area contributed by atoms with E-state index >= 15 is 0 Å². The molecule has 0 unspecified atom stereocenters. The van der Waals surface area contributed by atoms with Crippen LogP contribution in [0.4, 0.5) is 5.00 Å². The van der Waals surface area contributed by atoms with Crippen molar-refractivity contribution in [2.24, 2.45) is 5.73 Å². The lowest BCUT2D eigenvalue weighted by Crippen LogP contribution is -2.37. The molecule has 0 fully saturated rings. The normalized spacial score (nSPS) is 20.2. The highest BCUT2D eigenvalue weighted by Crippen LogP contribution is 2.36. The van der Waals surface area contributed by atoms with Crippen LogP contribution in [0.2, 0.25) is 0 Å². The summed E-state index contributed by atoms with van der Waals surface area (Å²) in [4.78, 5) is 14.9. The summed E-state index contributed by atoms with van der Waals surface area (Å²) in [6.45, 7) is 2.98. The van der Waals surface area contributed by atoms with Crippen molar-refractivity contribution < 1.29 is 4.79 Å². The molecular weight excluding hydrogens is 234 g/mol. The third-order valence-corrected chi connectivity index (χ3v) is 4.52. The zero-order valence-corrected chi connectivity index (χ0v) is 11.1. The molecule has 0 aromatic carbocycles. The molecule has 0 saturated heterocycles. The van der Waals surface area contributed by atoms with Crippen LogP contribution in [0.3, 0.4) is 0 Å². The summed E-state index contributed by atoms with van der Waals surface area (Å²) in [6.07, 6.45) is 3.34. The van der Waals surface area contributed by atoms with E-state index in [-0.39, 0.29) is 0 Å². The van der Waals surface area contributed by atoms with Crippen LogP contribution < -0.4 is 11.5 Å². The van der Waals surface area contributed by atoms with Gasteiger partial charge in [-0.1, -0.05) is 13.3 Å². The number of nitrogens with two attached hydrogens (primary N) is 2. The van der Waals surface area contributed by atoms with E-state index in [9.17, 15) is 4.79 Å². The van der Waals surface area contributed by atoms with Crippen molar-refractivity contribution in [1.82, 2.24) is 4.90 Å². The van der Waals surface area contributed by atoms with Gasteiger partial charge in [-0.3, -0.25) is 9.69 Å². The molecule has 1 aliphatic heterocycles. The summed E-state index contributed by atoms with van der Waals surface area (Å²) >= 11 is 1.53. The Kier molecular flexibility index (Phi) is 3.40. The van der Waals surface area contributed by atoms with Gasteiger partial charge in [0.25, 0.3) is 5.91 Å². The van der Waals surface area contributed by atoms with Gasteiger partial charge in [-0.15, -0.1) is 11.3 Å². The zero-order chi connectivity index (χ0) is 12.6. The van der Waals surface area contributed by atoms with E-state index < -0.39 is 5.91 Å². The van der Waals surface area contributed by atoms with Crippen LogP contribution in [0.1, 0.15) is 40.6 Å². The highest BCUT2D eigenvalue weighted by molar-refractivity contribution is 7.16. The average molecular weight is 253 g/mol. The minimum Gasteiger partial charge on any atom is -0.390 e. The molecule has 94 valence electrons. The quantitative estimate of drug-likeness (QED) is 0.859. The first-order chi connectivity index (χ1) is 8.04. The van der Waals surface area contributed by atoms with E-state index in [1.807, 2.05) is 0 Å². The van der Waals surface area contributed by atoms with Crippen LogP contribution in [-0.2, 0) is 13.0 Å². The second-order valence-corrected chi connectivity index (χ2v) is 5.81. The molecule has 1 amide bonds. The molecule has 5 heteroatoms. The Hall–Kier alpha value is -1.07. The first-order valence-corrected chi connectivity index (χ1v) is 6.76. The maximum absolute atomic E-state index is 11.4. The van der Waals surface area contributed by atoms with Crippen molar-refractivity contribution in [2.75, 3.05) is 12.8 Å². The number of rotatable bonds is 3. The van der Waals surface area contributed by atoms with Gasteiger partial charge in [0.05, 0.1) is 10.6 Å². The molecular formula is C12H19N3OS.